The van der Waals surface area contributed by atoms with Crippen molar-refractivity contribution in [3.8, 4) is 0 Å². The summed E-state index contributed by atoms with van der Waals surface area (Å²) < 4.78 is 1.97. The van der Waals surface area contributed by atoms with Gasteiger partial charge in [0.25, 0.3) is 0 Å². The van der Waals surface area contributed by atoms with Gasteiger partial charge in [0.1, 0.15) is 0 Å². The van der Waals surface area contributed by atoms with Crippen molar-refractivity contribution in [2.24, 2.45) is 7.05 Å². The number of anilines is 1. The molecule has 4 nitrogen and oxygen atoms in total. The van der Waals surface area contributed by atoms with Crippen LogP contribution in [0.2, 0.25) is 5.02 Å². The molecule has 0 atom stereocenters. The summed E-state index contributed by atoms with van der Waals surface area (Å²) in [5, 5.41) is 4.64. The van der Waals surface area contributed by atoms with Crippen LogP contribution in [0.1, 0.15) is 18.4 Å². The molecule has 0 radical (unpaired) electrons. The van der Waals surface area contributed by atoms with Gasteiger partial charge in [0.2, 0.25) is 5.91 Å². The van der Waals surface area contributed by atoms with Crippen molar-refractivity contribution < 1.29 is 4.79 Å². The molecule has 1 aliphatic rings. The van der Waals surface area contributed by atoms with Gasteiger partial charge in [-0.3, -0.25) is 4.79 Å². The second-order valence-corrected chi connectivity index (χ2v) is 7.97. The second-order valence-electron chi connectivity index (χ2n) is 6.49. The molecule has 1 fully saturated rings. The van der Waals surface area contributed by atoms with Gasteiger partial charge in [0.15, 0.2) is 5.16 Å². The third-order valence-electron chi connectivity index (χ3n) is 4.66. The first-order chi connectivity index (χ1) is 12.6. The topological polar surface area (TPSA) is 46.9 Å². The van der Waals surface area contributed by atoms with E-state index in [2.05, 4.69) is 10.3 Å². The molecule has 132 valence electrons. The summed E-state index contributed by atoms with van der Waals surface area (Å²) in [5.74, 6) is 0.0317. The number of carbonyl (C=O) groups is 1. The molecule has 1 heterocycles. The van der Waals surface area contributed by atoms with Crippen molar-refractivity contribution >= 4 is 35.0 Å². The fourth-order valence-corrected chi connectivity index (χ4v) is 3.96. The van der Waals surface area contributed by atoms with Crippen molar-refractivity contribution in [1.82, 2.24) is 9.55 Å². The molecule has 3 aromatic rings. The van der Waals surface area contributed by atoms with Gasteiger partial charge in [0, 0.05) is 35.0 Å². The van der Waals surface area contributed by atoms with Gasteiger partial charge in [-0.15, -0.1) is 0 Å². The van der Waals surface area contributed by atoms with Crippen molar-refractivity contribution in [2.45, 2.75) is 28.3 Å². The second kappa shape index (κ2) is 6.82. The number of carbonyl (C=O) groups excluding carboxylic acids is 1. The van der Waals surface area contributed by atoms with Crippen LogP contribution < -0.4 is 5.32 Å². The highest BCUT2D eigenvalue weighted by Gasteiger charge is 2.51. The van der Waals surface area contributed by atoms with Gasteiger partial charge in [-0.1, -0.05) is 35.5 Å². The van der Waals surface area contributed by atoms with Gasteiger partial charge in [-0.25, -0.2) is 4.98 Å². The Balaban J connectivity index is 1.46. The molecule has 0 bridgehead atoms. The van der Waals surface area contributed by atoms with Crippen molar-refractivity contribution in [2.75, 3.05) is 5.32 Å². The highest BCUT2D eigenvalue weighted by Crippen LogP contribution is 2.49. The molecular formula is C20H18ClN3OS. The minimum Gasteiger partial charge on any atom is -0.329 e. The number of rotatable bonds is 5. The number of halogens is 1. The van der Waals surface area contributed by atoms with Crippen LogP contribution in [0.25, 0.3) is 0 Å². The molecule has 1 aliphatic carbocycles. The average molecular weight is 384 g/mol. The van der Waals surface area contributed by atoms with Crippen LogP contribution in [0.15, 0.2) is 71.0 Å². The molecule has 0 unspecified atom stereocenters. The van der Waals surface area contributed by atoms with Crippen LogP contribution in [-0.4, -0.2) is 15.5 Å². The van der Waals surface area contributed by atoms with Crippen LogP contribution in [0.3, 0.4) is 0 Å². The van der Waals surface area contributed by atoms with E-state index in [4.69, 9.17) is 11.6 Å². The van der Waals surface area contributed by atoms with Crippen LogP contribution in [0.5, 0.6) is 0 Å². The maximum absolute atomic E-state index is 12.8. The van der Waals surface area contributed by atoms with E-state index in [-0.39, 0.29) is 5.91 Å². The molecule has 0 saturated heterocycles. The highest BCUT2D eigenvalue weighted by atomic mass is 35.5. The fraction of sp³-hybridized carbons (Fsp3) is 0.200. The van der Waals surface area contributed by atoms with Gasteiger partial charge < -0.3 is 9.88 Å². The molecule has 26 heavy (non-hydrogen) atoms. The SMILES string of the molecule is Cn1ccnc1Sc1ccc(NC(=O)C2(c3cccc(Cl)c3)CC2)cc1. The van der Waals surface area contributed by atoms with Crippen LogP contribution in [0.4, 0.5) is 5.69 Å². The summed E-state index contributed by atoms with van der Waals surface area (Å²) in [5.41, 5.74) is 1.35. The Bertz CT molecular complexity index is 948. The number of benzene rings is 2. The number of imidazole rings is 1. The minimum atomic E-state index is -0.439. The van der Waals surface area contributed by atoms with Gasteiger partial charge in [-0.2, -0.15) is 0 Å². The van der Waals surface area contributed by atoms with E-state index in [0.717, 1.165) is 34.1 Å². The molecule has 1 amide bonds. The zero-order chi connectivity index (χ0) is 18.1. The molecule has 1 saturated carbocycles. The highest BCUT2D eigenvalue weighted by molar-refractivity contribution is 7.99. The average Bonchev–Trinajstić information content (AvgIpc) is 3.36. The number of aryl methyl sites for hydroxylation is 1. The van der Waals surface area contributed by atoms with Crippen molar-refractivity contribution in [3.05, 3.63) is 71.5 Å². The monoisotopic (exact) mass is 383 g/mol. The van der Waals surface area contributed by atoms with Gasteiger partial charge in [-0.05, 0) is 54.8 Å². The maximum atomic E-state index is 12.8. The lowest BCUT2D eigenvalue weighted by Crippen LogP contribution is -2.27. The first-order valence-corrected chi connectivity index (χ1v) is 9.59. The summed E-state index contributed by atoms with van der Waals surface area (Å²) >= 11 is 7.68. The Kier molecular flexibility index (Phi) is 4.51. The van der Waals surface area contributed by atoms with Crippen LogP contribution in [0, 0.1) is 0 Å². The summed E-state index contributed by atoms with van der Waals surface area (Å²) in [6, 6.07) is 15.4. The van der Waals surface area contributed by atoms with E-state index in [9.17, 15) is 4.79 Å². The minimum absolute atomic E-state index is 0.0317. The summed E-state index contributed by atoms with van der Waals surface area (Å²) in [7, 11) is 1.97. The van der Waals surface area contributed by atoms with Crippen molar-refractivity contribution in [1.29, 1.82) is 0 Å². The zero-order valence-electron chi connectivity index (χ0n) is 14.3. The molecule has 4 rings (SSSR count). The van der Waals surface area contributed by atoms with Gasteiger partial charge in [0.05, 0.1) is 5.41 Å². The third kappa shape index (κ3) is 3.37. The van der Waals surface area contributed by atoms with E-state index >= 15 is 0 Å². The van der Waals surface area contributed by atoms with E-state index in [1.54, 1.807) is 18.0 Å². The van der Waals surface area contributed by atoms with Crippen molar-refractivity contribution in [3.63, 3.8) is 0 Å². The Hall–Kier alpha value is -2.24. The number of hydrogen-bond donors (Lipinski definition) is 1. The Morgan fingerprint density at radius 3 is 2.62 bits per heavy atom. The number of amides is 1. The molecule has 0 spiro atoms. The van der Waals surface area contributed by atoms with E-state index in [1.807, 2.05) is 66.3 Å². The lowest BCUT2D eigenvalue weighted by Gasteiger charge is -2.16. The zero-order valence-corrected chi connectivity index (χ0v) is 15.8. The summed E-state index contributed by atoms with van der Waals surface area (Å²) in [4.78, 5) is 18.2. The first-order valence-electron chi connectivity index (χ1n) is 8.40. The van der Waals surface area contributed by atoms with Gasteiger partial charge >= 0.3 is 0 Å². The lowest BCUT2D eigenvalue weighted by atomic mass is 9.95. The van der Waals surface area contributed by atoms with Crippen LogP contribution in [-0.2, 0) is 17.3 Å². The molecule has 6 heteroatoms. The third-order valence-corrected chi connectivity index (χ3v) is 5.98. The standard InChI is InChI=1S/C20H18ClN3OS/c1-24-12-11-22-19(24)26-17-7-5-16(6-8-17)23-18(25)20(9-10-20)14-3-2-4-15(21)13-14/h2-8,11-13H,9-10H2,1H3,(H,23,25). The smallest absolute Gasteiger partial charge is 0.235 e. The number of hydrogen-bond acceptors (Lipinski definition) is 3. The Morgan fingerprint density at radius 2 is 2.00 bits per heavy atom. The lowest BCUT2D eigenvalue weighted by molar-refractivity contribution is -0.118. The molecule has 1 aromatic heterocycles. The summed E-state index contributed by atoms with van der Waals surface area (Å²) in [6.45, 7) is 0. The molecule has 1 N–H and O–H groups in total. The molecular weight excluding hydrogens is 366 g/mol. The Morgan fingerprint density at radius 1 is 1.23 bits per heavy atom. The predicted octanol–water partition coefficient (Wildman–Crippen LogP) is 4.90. The van der Waals surface area contributed by atoms with E-state index in [0.29, 0.717) is 5.02 Å². The Labute approximate surface area is 161 Å². The quantitative estimate of drug-likeness (QED) is 0.682. The largest absolute Gasteiger partial charge is 0.329 e. The normalized spacial score (nSPS) is 14.8. The van der Waals surface area contributed by atoms with E-state index in [1.165, 1.54) is 0 Å². The molecule has 2 aromatic carbocycles. The summed E-state index contributed by atoms with van der Waals surface area (Å²) in [6.07, 6.45) is 5.40. The predicted molar refractivity (Wildman–Crippen MR) is 105 cm³/mol. The first kappa shape index (κ1) is 17.2. The maximum Gasteiger partial charge on any atom is 0.235 e. The molecule has 0 aliphatic heterocycles. The number of aromatic nitrogens is 2. The number of nitrogens with zero attached hydrogens (tertiary/aromatic N) is 2. The van der Waals surface area contributed by atoms with Crippen LogP contribution >= 0.6 is 23.4 Å². The fourth-order valence-electron chi connectivity index (χ4n) is 2.97. The van der Waals surface area contributed by atoms with E-state index < -0.39 is 5.41 Å². The number of nitrogens with one attached hydrogen (secondary N) is 1.